The number of hydrogen-bond donors (Lipinski definition) is 0. The number of benzene rings is 2. The lowest BCUT2D eigenvalue weighted by Crippen LogP contribution is -2.34. The highest BCUT2D eigenvalue weighted by atomic mass is 79.9. The van der Waals surface area contributed by atoms with E-state index in [4.69, 9.17) is 14.2 Å². The summed E-state index contributed by atoms with van der Waals surface area (Å²) in [6.45, 7) is 1.39. The normalized spacial score (nSPS) is 14.4. The molecule has 1 aliphatic rings. The summed E-state index contributed by atoms with van der Waals surface area (Å²) in [4.78, 5) is 47.9. The van der Waals surface area contributed by atoms with E-state index in [0.717, 1.165) is 16.7 Å². The Morgan fingerprint density at radius 1 is 1.26 bits per heavy atom. The van der Waals surface area contributed by atoms with E-state index in [0.29, 0.717) is 27.1 Å². The summed E-state index contributed by atoms with van der Waals surface area (Å²) < 4.78 is 16.5. The predicted octanol–water partition coefficient (Wildman–Crippen LogP) is 4.54. The maximum Gasteiger partial charge on any atom is 0.326 e. The highest BCUT2D eigenvalue weighted by Gasteiger charge is 2.36. The fraction of sp³-hybridized carbons (Fsp3) is 0.227. The molecule has 1 aliphatic heterocycles. The molecule has 2 aromatic carbocycles. The number of ether oxygens (including phenoxy) is 3. The van der Waals surface area contributed by atoms with Crippen molar-refractivity contribution in [3.63, 3.8) is 0 Å². The van der Waals surface area contributed by atoms with Crippen molar-refractivity contribution in [2.75, 3.05) is 20.3 Å². The van der Waals surface area contributed by atoms with Gasteiger partial charge in [0, 0.05) is 12.1 Å². The second-order valence-corrected chi connectivity index (χ2v) is 8.67. The number of esters is 1. The van der Waals surface area contributed by atoms with Gasteiger partial charge in [0.25, 0.3) is 16.8 Å². The number of imide groups is 1. The lowest BCUT2D eigenvalue weighted by atomic mass is 10.1. The molecule has 34 heavy (non-hydrogen) atoms. The molecule has 0 atom stereocenters. The lowest BCUT2D eigenvalue weighted by molar-refractivity contribution is -0.384. The molecule has 0 radical (unpaired) electrons. The zero-order chi connectivity index (χ0) is 24.8. The first-order valence-corrected chi connectivity index (χ1v) is 11.5. The van der Waals surface area contributed by atoms with Crippen LogP contribution in [-0.4, -0.2) is 47.2 Å². The number of non-ortho nitro benzene ring substituents is 1. The number of halogens is 1. The minimum Gasteiger partial charge on any atom is -0.493 e. The zero-order valence-electron chi connectivity index (χ0n) is 18.1. The summed E-state index contributed by atoms with van der Waals surface area (Å²) in [5.74, 6) is -0.553. The van der Waals surface area contributed by atoms with Crippen LogP contribution in [0.1, 0.15) is 18.1 Å². The van der Waals surface area contributed by atoms with Gasteiger partial charge in [-0.05, 0) is 64.0 Å². The number of amides is 2. The molecule has 1 fully saturated rings. The molecule has 178 valence electrons. The van der Waals surface area contributed by atoms with Crippen LogP contribution >= 0.6 is 27.7 Å². The van der Waals surface area contributed by atoms with Crippen LogP contribution in [0.5, 0.6) is 11.5 Å². The molecule has 1 heterocycles. The van der Waals surface area contributed by atoms with Crippen molar-refractivity contribution in [2.24, 2.45) is 0 Å². The largest absolute Gasteiger partial charge is 0.493 e. The molecule has 0 aliphatic carbocycles. The quantitative estimate of drug-likeness (QED) is 0.191. The van der Waals surface area contributed by atoms with Crippen LogP contribution in [-0.2, 0) is 20.9 Å². The highest BCUT2D eigenvalue weighted by Crippen LogP contribution is 2.39. The van der Waals surface area contributed by atoms with Crippen molar-refractivity contribution >= 4 is 56.6 Å². The van der Waals surface area contributed by atoms with E-state index in [2.05, 4.69) is 15.9 Å². The van der Waals surface area contributed by atoms with Gasteiger partial charge in [-0.1, -0.05) is 12.1 Å². The molecule has 10 nitrogen and oxygen atoms in total. The number of thioether (sulfide) groups is 1. The molecule has 0 N–H and O–H groups in total. The van der Waals surface area contributed by atoms with E-state index in [1.54, 1.807) is 31.2 Å². The van der Waals surface area contributed by atoms with E-state index < -0.39 is 28.6 Å². The van der Waals surface area contributed by atoms with Crippen LogP contribution in [0.3, 0.4) is 0 Å². The smallest absolute Gasteiger partial charge is 0.326 e. The Bertz CT molecular complexity index is 1180. The predicted molar refractivity (Wildman–Crippen MR) is 127 cm³/mol. The standard InChI is InChI=1S/C22H19BrN2O8S/c1-3-32-19(26)11-24-21(27)18(34-22(24)28)10-14-8-16(23)20(17(9-14)31-2)33-12-13-5-4-6-15(7-13)25(29)30/h4-10H,3,11-12H2,1-2H3/b18-10+. The fourth-order valence-corrected chi connectivity index (χ4v) is 4.41. The Labute approximate surface area is 207 Å². The maximum atomic E-state index is 12.6. The minimum absolute atomic E-state index is 0.0422. The van der Waals surface area contributed by atoms with Gasteiger partial charge in [-0.2, -0.15) is 0 Å². The third-order valence-electron chi connectivity index (χ3n) is 4.52. The average Bonchev–Trinajstić information content (AvgIpc) is 3.05. The molecule has 0 bridgehead atoms. The van der Waals surface area contributed by atoms with Gasteiger partial charge in [0.1, 0.15) is 13.2 Å². The minimum atomic E-state index is -0.666. The van der Waals surface area contributed by atoms with Gasteiger partial charge in [0.05, 0.1) is 28.0 Å². The van der Waals surface area contributed by atoms with E-state index in [1.165, 1.54) is 25.3 Å². The number of carbonyl (C=O) groups is 3. The van der Waals surface area contributed by atoms with Crippen LogP contribution < -0.4 is 9.47 Å². The van der Waals surface area contributed by atoms with Crippen LogP contribution in [0, 0.1) is 10.1 Å². The van der Waals surface area contributed by atoms with Crippen LogP contribution in [0.2, 0.25) is 0 Å². The number of nitrogens with zero attached hydrogens (tertiary/aromatic N) is 2. The van der Waals surface area contributed by atoms with E-state index >= 15 is 0 Å². The summed E-state index contributed by atoms with van der Waals surface area (Å²) in [6.07, 6.45) is 1.51. The first kappa shape index (κ1) is 25.2. The fourth-order valence-electron chi connectivity index (χ4n) is 3.00. The Hall–Kier alpha value is -3.38. The number of nitro benzene ring substituents is 1. The summed E-state index contributed by atoms with van der Waals surface area (Å²) in [6, 6.07) is 9.37. The summed E-state index contributed by atoms with van der Waals surface area (Å²) in [5.41, 5.74) is 1.11. The van der Waals surface area contributed by atoms with Crippen molar-refractivity contribution in [2.45, 2.75) is 13.5 Å². The van der Waals surface area contributed by atoms with Crippen molar-refractivity contribution in [3.8, 4) is 11.5 Å². The Balaban J connectivity index is 1.79. The Kier molecular flexibility index (Phi) is 8.29. The van der Waals surface area contributed by atoms with Crippen LogP contribution in [0.15, 0.2) is 45.8 Å². The number of methoxy groups -OCH3 is 1. The van der Waals surface area contributed by atoms with Gasteiger partial charge >= 0.3 is 5.97 Å². The van der Waals surface area contributed by atoms with E-state index in [9.17, 15) is 24.5 Å². The van der Waals surface area contributed by atoms with E-state index in [-0.39, 0.29) is 23.8 Å². The third-order valence-corrected chi connectivity index (χ3v) is 6.02. The third kappa shape index (κ3) is 5.94. The summed E-state index contributed by atoms with van der Waals surface area (Å²) in [5, 5.41) is 10.4. The van der Waals surface area contributed by atoms with Gasteiger partial charge in [-0.3, -0.25) is 29.4 Å². The molecule has 0 spiro atoms. The van der Waals surface area contributed by atoms with Crippen molar-refractivity contribution in [3.05, 3.63) is 67.0 Å². The van der Waals surface area contributed by atoms with Gasteiger partial charge in [0.15, 0.2) is 11.5 Å². The number of rotatable bonds is 9. The van der Waals surface area contributed by atoms with E-state index in [1.807, 2.05) is 0 Å². The molecule has 0 aromatic heterocycles. The first-order valence-electron chi connectivity index (χ1n) is 9.88. The number of carbonyl (C=O) groups excluding carboxylic acids is 3. The molecular formula is C22H19BrN2O8S. The Morgan fingerprint density at radius 2 is 2.03 bits per heavy atom. The molecule has 2 aromatic rings. The molecule has 1 saturated heterocycles. The van der Waals surface area contributed by atoms with Gasteiger partial charge in [0.2, 0.25) is 0 Å². The van der Waals surface area contributed by atoms with Gasteiger partial charge in [-0.15, -0.1) is 0 Å². The topological polar surface area (TPSA) is 125 Å². The summed E-state index contributed by atoms with van der Waals surface area (Å²) >= 11 is 4.14. The summed E-state index contributed by atoms with van der Waals surface area (Å²) in [7, 11) is 1.44. The zero-order valence-corrected chi connectivity index (χ0v) is 20.5. The molecule has 3 rings (SSSR count). The number of hydrogen-bond acceptors (Lipinski definition) is 9. The molecule has 12 heteroatoms. The molecule has 2 amide bonds. The SMILES string of the molecule is CCOC(=O)CN1C(=O)S/C(=C/c2cc(Br)c(OCc3cccc([N+](=O)[O-])c3)c(OC)c2)C1=O. The molecular weight excluding hydrogens is 532 g/mol. The second-order valence-electron chi connectivity index (χ2n) is 6.82. The number of nitro groups is 1. The Morgan fingerprint density at radius 3 is 2.71 bits per heavy atom. The van der Waals surface area contributed by atoms with Crippen molar-refractivity contribution in [1.82, 2.24) is 4.90 Å². The van der Waals surface area contributed by atoms with Gasteiger partial charge in [-0.25, -0.2) is 0 Å². The molecule has 0 saturated carbocycles. The van der Waals surface area contributed by atoms with Gasteiger partial charge < -0.3 is 14.2 Å². The highest BCUT2D eigenvalue weighted by molar-refractivity contribution is 9.10. The molecule has 0 unspecified atom stereocenters. The maximum absolute atomic E-state index is 12.6. The first-order chi connectivity index (χ1) is 16.2. The van der Waals surface area contributed by atoms with Crippen molar-refractivity contribution in [1.29, 1.82) is 0 Å². The van der Waals surface area contributed by atoms with Crippen LogP contribution in [0.4, 0.5) is 10.5 Å². The second kappa shape index (κ2) is 11.2. The lowest BCUT2D eigenvalue weighted by Gasteiger charge is -2.14. The van der Waals surface area contributed by atoms with Crippen molar-refractivity contribution < 1.29 is 33.5 Å². The monoisotopic (exact) mass is 550 g/mol. The average molecular weight is 551 g/mol. The van der Waals surface area contributed by atoms with Crippen LogP contribution in [0.25, 0.3) is 6.08 Å².